The van der Waals surface area contributed by atoms with Gasteiger partial charge in [0.15, 0.2) is 0 Å². The molecule has 2 aliphatic heterocycles. The van der Waals surface area contributed by atoms with Crippen LogP contribution >= 0.6 is 11.3 Å². The standard InChI is InChI=1S/C15H16FN5OS/c16-9-2-1-5-21(8-9)12-7-18-11(6-19-12)15-20-10-3-4-17-14(22)13(10)23-15/h6-7,9H,1-5,8H2,(H,17,22)/t9-/m0/s1. The van der Waals surface area contributed by atoms with E-state index in [0.29, 0.717) is 40.9 Å². The van der Waals surface area contributed by atoms with Crippen LogP contribution in [0.1, 0.15) is 28.2 Å². The topological polar surface area (TPSA) is 71.0 Å². The second-order valence-electron chi connectivity index (χ2n) is 5.75. The van der Waals surface area contributed by atoms with Gasteiger partial charge < -0.3 is 10.2 Å². The maximum atomic E-state index is 13.5. The van der Waals surface area contributed by atoms with Gasteiger partial charge in [0, 0.05) is 19.5 Å². The Morgan fingerprint density at radius 1 is 1.35 bits per heavy atom. The van der Waals surface area contributed by atoms with Gasteiger partial charge >= 0.3 is 0 Å². The molecule has 4 rings (SSSR count). The molecule has 1 fully saturated rings. The van der Waals surface area contributed by atoms with Crippen LogP contribution in [0.15, 0.2) is 12.4 Å². The Morgan fingerprint density at radius 2 is 2.26 bits per heavy atom. The van der Waals surface area contributed by atoms with E-state index in [1.165, 1.54) is 11.3 Å². The molecule has 0 spiro atoms. The number of carbonyl (C=O) groups excluding carboxylic acids is 1. The molecule has 0 unspecified atom stereocenters. The largest absolute Gasteiger partial charge is 0.352 e. The minimum atomic E-state index is -0.797. The fourth-order valence-electron chi connectivity index (χ4n) is 2.91. The SMILES string of the molecule is O=C1NCCc2nc(-c3cnc(N4CCC[C@H](F)C4)cn3)sc21. The fourth-order valence-corrected chi connectivity index (χ4v) is 3.90. The lowest BCUT2D eigenvalue weighted by molar-refractivity contribution is 0.0950. The first kappa shape index (κ1) is 14.5. The number of thiazole rings is 1. The molecule has 6 nitrogen and oxygen atoms in total. The first-order valence-electron chi connectivity index (χ1n) is 7.70. The molecule has 1 atom stereocenters. The van der Waals surface area contributed by atoms with Crippen LogP contribution in [-0.4, -0.2) is 46.7 Å². The lowest BCUT2D eigenvalue weighted by atomic mass is 10.1. The molecule has 23 heavy (non-hydrogen) atoms. The minimum Gasteiger partial charge on any atom is -0.352 e. The highest BCUT2D eigenvalue weighted by molar-refractivity contribution is 7.17. The van der Waals surface area contributed by atoms with Crippen LogP contribution in [0, 0.1) is 0 Å². The molecule has 120 valence electrons. The molecule has 2 aromatic rings. The van der Waals surface area contributed by atoms with Gasteiger partial charge in [-0.15, -0.1) is 11.3 Å². The Labute approximate surface area is 136 Å². The molecular formula is C15H16FN5OS. The van der Waals surface area contributed by atoms with Crippen LogP contribution in [0.25, 0.3) is 10.7 Å². The van der Waals surface area contributed by atoms with E-state index in [1.807, 2.05) is 4.90 Å². The number of nitrogens with zero attached hydrogens (tertiary/aromatic N) is 4. The average Bonchev–Trinajstić information content (AvgIpc) is 3.01. The van der Waals surface area contributed by atoms with Crippen molar-refractivity contribution in [1.29, 1.82) is 0 Å². The number of anilines is 1. The third kappa shape index (κ3) is 2.78. The van der Waals surface area contributed by atoms with Crippen molar-refractivity contribution in [3.8, 4) is 10.7 Å². The Bertz CT molecular complexity index is 732. The highest BCUT2D eigenvalue weighted by Crippen LogP contribution is 2.29. The molecule has 4 heterocycles. The van der Waals surface area contributed by atoms with E-state index in [-0.39, 0.29) is 5.91 Å². The summed E-state index contributed by atoms with van der Waals surface area (Å²) in [6.07, 6.45) is 4.71. The van der Waals surface area contributed by atoms with Crippen molar-refractivity contribution in [3.05, 3.63) is 23.0 Å². The van der Waals surface area contributed by atoms with Crippen LogP contribution in [0.4, 0.5) is 10.2 Å². The molecule has 0 aromatic carbocycles. The summed E-state index contributed by atoms with van der Waals surface area (Å²) in [5.74, 6) is 0.622. The number of aromatic nitrogens is 3. The number of rotatable bonds is 2. The van der Waals surface area contributed by atoms with Crippen molar-refractivity contribution < 1.29 is 9.18 Å². The van der Waals surface area contributed by atoms with Gasteiger partial charge in [0.25, 0.3) is 5.91 Å². The first-order chi connectivity index (χ1) is 11.2. The maximum absolute atomic E-state index is 13.5. The lowest BCUT2D eigenvalue weighted by Crippen LogP contribution is -2.36. The monoisotopic (exact) mass is 333 g/mol. The van der Waals surface area contributed by atoms with E-state index in [2.05, 4.69) is 20.3 Å². The number of hydrogen-bond acceptors (Lipinski definition) is 6. The van der Waals surface area contributed by atoms with Gasteiger partial charge in [0.2, 0.25) is 0 Å². The van der Waals surface area contributed by atoms with Gasteiger partial charge in [0.1, 0.15) is 27.6 Å². The molecule has 2 aromatic heterocycles. The minimum absolute atomic E-state index is 0.0677. The smallest absolute Gasteiger partial charge is 0.263 e. The van der Waals surface area contributed by atoms with Crippen molar-refractivity contribution in [3.63, 3.8) is 0 Å². The predicted molar refractivity (Wildman–Crippen MR) is 85.5 cm³/mol. The normalized spacial score (nSPS) is 21.0. The molecular weight excluding hydrogens is 317 g/mol. The van der Waals surface area contributed by atoms with Gasteiger partial charge in [-0.3, -0.25) is 4.79 Å². The molecule has 0 aliphatic carbocycles. The van der Waals surface area contributed by atoms with Gasteiger partial charge in [0.05, 0.1) is 24.6 Å². The van der Waals surface area contributed by atoms with Crippen molar-refractivity contribution in [1.82, 2.24) is 20.3 Å². The van der Waals surface area contributed by atoms with Gasteiger partial charge in [-0.2, -0.15) is 0 Å². The summed E-state index contributed by atoms with van der Waals surface area (Å²) in [6.45, 7) is 1.80. The summed E-state index contributed by atoms with van der Waals surface area (Å²) in [6, 6.07) is 0. The van der Waals surface area contributed by atoms with Crippen LogP contribution in [0.2, 0.25) is 0 Å². The number of alkyl halides is 1. The number of hydrogen-bond donors (Lipinski definition) is 1. The number of nitrogens with one attached hydrogen (secondary N) is 1. The van der Waals surface area contributed by atoms with Gasteiger partial charge in [-0.05, 0) is 12.8 Å². The van der Waals surface area contributed by atoms with E-state index in [4.69, 9.17) is 0 Å². The molecule has 0 bridgehead atoms. The predicted octanol–water partition coefficient (Wildman–Crippen LogP) is 1.82. The fraction of sp³-hybridized carbons (Fsp3) is 0.467. The second kappa shape index (κ2) is 5.84. The quantitative estimate of drug-likeness (QED) is 0.908. The Morgan fingerprint density at radius 3 is 3.00 bits per heavy atom. The summed E-state index contributed by atoms with van der Waals surface area (Å²) in [5, 5.41) is 3.51. The lowest BCUT2D eigenvalue weighted by Gasteiger charge is -2.29. The summed E-state index contributed by atoms with van der Waals surface area (Å²) >= 11 is 1.34. The number of fused-ring (bicyclic) bond motifs is 1. The van der Waals surface area contributed by atoms with Crippen LogP contribution in [0.5, 0.6) is 0 Å². The van der Waals surface area contributed by atoms with Crippen LogP contribution < -0.4 is 10.2 Å². The summed E-state index contributed by atoms with van der Waals surface area (Å²) in [5.41, 5.74) is 1.48. The van der Waals surface area contributed by atoms with E-state index < -0.39 is 6.17 Å². The van der Waals surface area contributed by atoms with E-state index in [0.717, 1.165) is 25.1 Å². The molecule has 1 N–H and O–H groups in total. The number of halogens is 1. The summed E-state index contributed by atoms with van der Waals surface area (Å²) < 4.78 is 13.5. The van der Waals surface area contributed by atoms with E-state index in [9.17, 15) is 9.18 Å². The van der Waals surface area contributed by atoms with Crippen molar-refractivity contribution >= 4 is 23.1 Å². The third-order valence-electron chi connectivity index (χ3n) is 4.10. The molecule has 0 radical (unpaired) electrons. The molecule has 0 saturated carbocycles. The van der Waals surface area contributed by atoms with Gasteiger partial charge in [-0.1, -0.05) is 0 Å². The van der Waals surface area contributed by atoms with Crippen LogP contribution in [0.3, 0.4) is 0 Å². The number of piperidine rings is 1. The van der Waals surface area contributed by atoms with Crippen LogP contribution in [-0.2, 0) is 6.42 Å². The maximum Gasteiger partial charge on any atom is 0.263 e. The van der Waals surface area contributed by atoms with Crippen molar-refractivity contribution in [2.24, 2.45) is 0 Å². The zero-order valence-electron chi connectivity index (χ0n) is 12.5. The zero-order chi connectivity index (χ0) is 15.8. The molecule has 1 saturated heterocycles. The molecule has 8 heteroatoms. The molecule has 1 amide bonds. The first-order valence-corrected chi connectivity index (χ1v) is 8.51. The third-order valence-corrected chi connectivity index (χ3v) is 5.22. The zero-order valence-corrected chi connectivity index (χ0v) is 13.3. The molecule has 2 aliphatic rings. The Hall–Kier alpha value is -2.09. The van der Waals surface area contributed by atoms with Crippen molar-refractivity contribution in [2.45, 2.75) is 25.4 Å². The Kier molecular flexibility index (Phi) is 3.68. The van der Waals surface area contributed by atoms with E-state index in [1.54, 1.807) is 12.4 Å². The average molecular weight is 333 g/mol. The highest BCUT2D eigenvalue weighted by atomic mass is 32.1. The number of carbonyl (C=O) groups is 1. The second-order valence-corrected chi connectivity index (χ2v) is 6.75. The Balaban J connectivity index is 1.57. The van der Waals surface area contributed by atoms with Crippen molar-refractivity contribution in [2.75, 3.05) is 24.5 Å². The van der Waals surface area contributed by atoms with Gasteiger partial charge in [-0.25, -0.2) is 19.3 Å². The highest BCUT2D eigenvalue weighted by Gasteiger charge is 2.24. The summed E-state index contributed by atoms with van der Waals surface area (Å²) in [4.78, 5) is 27.7. The summed E-state index contributed by atoms with van der Waals surface area (Å²) in [7, 11) is 0. The number of amides is 1. The van der Waals surface area contributed by atoms with E-state index >= 15 is 0 Å².